The molecule has 29 heavy (non-hydrogen) atoms. The summed E-state index contributed by atoms with van der Waals surface area (Å²) < 4.78 is 27.9. The molecule has 2 aromatic carbocycles. The van der Waals surface area contributed by atoms with Gasteiger partial charge in [-0.15, -0.1) is 0 Å². The van der Waals surface area contributed by atoms with Crippen molar-refractivity contribution in [2.24, 2.45) is 0 Å². The Kier molecular flexibility index (Phi) is 5.43. The lowest BCUT2D eigenvalue weighted by Crippen LogP contribution is -2.17. The summed E-state index contributed by atoms with van der Waals surface area (Å²) in [5, 5.41) is 21.0. The molecule has 0 amide bonds. The highest BCUT2D eigenvalue weighted by atomic mass is 32.2. The molecule has 0 fully saturated rings. The number of nitrogens with zero attached hydrogens (tertiary/aromatic N) is 2. The highest BCUT2D eigenvalue weighted by Gasteiger charge is 2.30. The molecule has 3 rings (SSSR count). The molecular weight excluding hydrogens is 396 g/mol. The predicted molar refractivity (Wildman–Crippen MR) is 108 cm³/mol. The molecule has 0 radical (unpaired) electrons. The van der Waals surface area contributed by atoms with Gasteiger partial charge in [-0.3, -0.25) is 10.1 Å². The summed E-state index contributed by atoms with van der Waals surface area (Å²) in [5.41, 5.74) is 0.601. The van der Waals surface area contributed by atoms with Gasteiger partial charge in [0.1, 0.15) is 0 Å². The minimum Gasteiger partial charge on any atom is -0.478 e. The molecular formula is C20H20N2O6S. The minimum absolute atomic E-state index is 0.0213. The second-order valence-electron chi connectivity index (χ2n) is 6.77. The first-order valence-electron chi connectivity index (χ1n) is 9.05. The third kappa shape index (κ3) is 3.61. The molecule has 152 valence electrons. The van der Waals surface area contributed by atoms with E-state index >= 15 is 0 Å². The monoisotopic (exact) mass is 416 g/mol. The first-order valence-corrected chi connectivity index (χ1v) is 10.5. The van der Waals surface area contributed by atoms with Crippen LogP contribution in [-0.4, -0.2) is 28.4 Å². The number of non-ortho nitro benzene ring substituents is 1. The van der Waals surface area contributed by atoms with Crippen LogP contribution in [0.5, 0.6) is 0 Å². The molecule has 0 atom stereocenters. The molecule has 0 unspecified atom stereocenters. The summed E-state index contributed by atoms with van der Waals surface area (Å²) in [4.78, 5) is 22.6. The number of nitro groups is 1. The molecule has 1 heterocycles. The Morgan fingerprint density at radius 3 is 2.38 bits per heavy atom. The average Bonchev–Trinajstić information content (AvgIpc) is 3.00. The summed E-state index contributed by atoms with van der Waals surface area (Å²) in [5.74, 6) is -1.32. The lowest BCUT2D eigenvalue weighted by atomic mass is 10.1. The summed E-state index contributed by atoms with van der Waals surface area (Å²) in [7, 11) is -4.11. The van der Waals surface area contributed by atoms with E-state index in [2.05, 4.69) is 0 Å². The summed E-state index contributed by atoms with van der Waals surface area (Å²) >= 11 is 0. The van der Waals surface area contributed by atoms with Gasteiger partial charge < -0.3 is 5.11 Å². The van der Waals surface area contributed by atoms with Gasteiger partial charge >= 0.3 is 5.97 Å². The number of carboxylic acids is 1. The molecule has 9 heteroatoms. The zero-order valence-electron chi connectivity index (χ0n) is 16.0. The number of carbonyl (C=O) groups is 1. The van der Waals surface area contributed by atoms with E-state index in [1.54, 1.807) is 12.1 Å². The van der Waals surface area contributed by atoms with Crippen molar-refractivity contribution in [1.29, 1.82) is 0 Å². The quantitative estimate of drug-likeness (QED) is 0.457. The van der Waals surface area contributed by atoms with Gasteiger partial charge in [0.2, 0.25) is 0 Å². The van der Waals surface area contributed by atoms with E-state index < -0.39 is 20.9 Å². The fourth-order valence-electron chi connectivity index (χ4n) is 3.32. The van der Waals surface area contributed by atoms with Gasteiger partial charge in [-0.25, -0.2) is 17.2 Å². The Hall–Kier alpha value is -3.20. The predicted octanol–water partition coefficient (Wildman–Crippen LogP) is 4.14. The summed E-state index contributed by atoms with van der Waals surface area (Å²) in [6, 6.07) is 9.84. The molecule has 0 bridgehead atoms. The largest absolute Gasteiger partial charge is 0.478 e. The SMILES string of the molecule is CCCCc1c(C(=O)O)c2cc([N+](=O)[O-])ccc2n1S(=O)(=O)c1ccc(C)cc1. The number of benzene rings is 2. The molecule has 0 spiro atoms. The number of hydrogen-bond acceptors (Lipinski definition) is 5. The molecule has 0 aliphatic heterocycles. The number of rotatable bonds is 7. The van der Waals surface area contributed by atoms with Crippen LogP contribution in [0.4, 0.5) is 5.69 Å². The first-order chi connectivity index (χ1) is 13.7. The van der Waals surface area contributed by atoms with Crippen LogP contribution in [0, 0.1) is 17.0 Å². The van der Waals surface area contributed by atoms with Crippen molar-refractivity contribution in [3.05, 3.63) is 69.4 Å². The maximum atomic E-state index is 13.4. The van der Waals surface area contributed by atoms with Crippen molar-refractivity contribution in [3.63, 3.8) is 0 Å². The molecule has 1 aromatic heterocycles. The number of carboxylic acid groups (broad SMARTS) is 1. The third-order valence-corrected chi connectivity index (χ3v) is 6.52. The third-order valence-electron chi connectivity index (χ3n) is 4.75. The second-order valence-corrected chi connectivity index (χ2v) is 8.56. The van der Waals surface area contributed by atoms with E-state index in [0.717, 1.165) is 22.0 Å². The van der Waals surface area contributed by atoms with Gasteiger partial charge in [0.25, 0.3) is 15.7 Å². The van der Waals surface area contributed by atoms with E-state index in [1.165, 1.54) is 24.3 Å². The van der Waals surface area contributed by atoms with Crippen LogP contribution in [0.25, 0.3) is 10.9 Å². The standard InChI is InChI=1S/C20H20N2O6S/c1-3-4-5-18-19(20(23)24)16-12-14(22(25)26)8-11-17(16)21(18)29(27,28)15-9-6-13(2)7-10-15/h6-12H,3-5H2,1-2H3,(H,23,24). The first kappa shape index (κ1) is 20.5. The van der Waals surface area contributed by atoms with Crippen molar-refractivity contribution in [1.82, 2.24) is 3.97 Å². The van der Waals surface area contributed by atoms with E-state index in [-0.39, 0.29) is 39.2 Å². The average molecular weight is 416 g/mol. The summed E-state index contributed by atoms with van der Waals surface area (Å²) in [6.45, 7) is 3.74. The Morgan fingerprint density at radius 2 is 1.83 bits per heavy atom. The number of aromatic nitrogens is 1. The number of hydrogen-bond donors (Lipinski definition) is 1. The van der Waals surface area contributed by atoms with E-state index in [0.29, 0.717) is 6.42 Å². The van der Waals surface area contributed by atoms with Gasteiger partial charge in [0.15, 0.2) is 0 Å². The molecule has 3 aromatic rings. The zero-order valence-corrected chi connectivity index (χ0v) is 16.8. The second kappa shape index (κ2) is 7.67. The van der Waals surface area contributed by atoms with Gasteiger partial charge in [-0.1, -0.05) is 31.0 Å². The van der Waals surface area contributed by atoms with Crippen LogP contribution in [0.15, 0.2) is 47.4 Å². The Morgan fingerprint density at radius 1 is 1.17 bits per heavy atom. The molecule has 1 N–H and O–H groups in total. The van der Waals surface area contributed by atoms with Crippen LogP contribution in [0.3, 0.4) is 0 Å². The van der Waals surface area contributed by atoms with Crippen LogP contribution >= 0.6 is 0 Å². The number of aromatic carboxylic acids is 1. The van der Waals surface area contributed by atoms with Crippen LogP contribution in [0.2, 0.25) is 0 Å². The van der Waals surface area contributed by atoms with Crippen LogP contribution in [-0.2, 0) is 16.4 Å². The van der Waals surface area contributed by atoms with Gasteiger partial charge in [0, 0.05) is 17.5 Å². The van der Waals surface area contributed by atoms with Gasteiger partial charge in [-0.05, 0) is 38.0 Å². The highest BCUT2D eigenvalue weighted by molar-refractivity contribution is 7.90. The fraction of sp³-hybridized carbons (Fsp3) is 0.250. The molecule has 8 nitrogen and oxygen atoms in total. The fourth-order valence-corrected chi connectivity index (χ4v) is 4.90. The highest BCUT2D eigenvalue weighted by Crippen LogP contribution is 2.34. The number of nitro benzene ring substituents is 1. The van der Waals surface area contributed by atoms with E-state index in [4.69, 9.17) is 0 Å². The van der Waals surface area contributed by atoms with Gasteiger partial charge in [0.05, 0.1) is 26.6 Å². The maximum absolute atomic E-state index is 13.4. The van der Waals surface area contributed by atoms with Crippen molar-refractivity contribution >= 4 is 32.6 Å². The normalized spacial score (nSPS) is 11.7. The molecule has 0 saturated carbocycles. The molecule has 0 saturated heterocycles. The Labute approximate surface area is 167 Å². The lowest BCUT2D eigenvalue weighted by molar-refractivity contribution is -0.384. The van der Waals surface area contributed by atoms with Crippen molar-refractivity contribution < 1.29 is 23.2 Å². The minimum atomic E-state index is -4.11. The Balaban J connectivity index is 2.42. The maximum Gasteiger partial charge on any atom is 0.338 e. The van der Waals surface area contributed by atoms with Crippen molar-refractivity contribution in [2.75, 3.05) is 0 Å². The number of unbranched alkanes of at least 4 members (excludes halogenated alkanes) is 1. The lowest BCUT2D eigenvalue weighted by Gasteiger charge is -2.12. The summed E-state index contributed by atoms with van der Waals surface area (Å²) in [6.07, 6.45) is 1.51. The van der Waals surface area contributed by atoms with E-state index in [9.17, 15) is 28.4 Å². The number of aryl methyl sites for hydroxylation is 1. The molecule has 0 aliphatic carbocycles. The molecule has 0 aliphatic rings. The number of fused-ring (bicyclic) bond motifs is 1. The smallest absolute Gasteiger partial charge is 0.338 e. The van der Waals surface area contributed by atoms with Crippen LogP contribution < -0.4 is 0 Å². The zero-order chi connectivity index (χ0) is 21.3. The van der Waals surface area contributed by atoms with Crippen molar-refractivity contribution in [3.8, 4) is 0 Å². The van der Waals surface area contributed by atoms with Gasteiger partial charge in [-0.2, -0.15) is 0 Å². The van der Waals surface area contributed by atoms with Crippen LogP contribution in [0.1, 0.15) is 41.4 Å². The Bertz CT molecular complexity index is 1210. The van der Waals surface area contributed by atoms with Crippen molar-refractivity contribution in [2.45, 2.75) is 38.0 Å². The van der Waals surface area contributed by atoms with E-state index in [1.807, 2.05) is 13.8 Å². The topological polar surface area (TPSA) is 120 Å².